The third-order valence-electron chi connectivity index (χ3n) is 11.6. The van der Waals surface area contributed by atoms with E-state index in [9.17, 15) is 9.90 Å². The summed E-state index contributed by atoms with van der Waals surface area (Å²) >= 11 is 0. The minimum Gasteiger partial charge on any atom is -0.480 e. The van der Waals surface area contributed by atoms with Crippen molar-refractivity contribution in [3.8, 4) is 0 Å². The quantitative estimate of drug-likeness (QED) is 0.430. The topological polar surface area (TPSA) is 40.5 Å². The van der Waals surface area contributed by atoms with E-state index in [1.165, 1.54) is 116 Å². The lowest BCUT2D eigenvalue weighted by Gasteiger charge is -2.66. The molecule has 1 atom stereocenters. The largest absolute Gasteiger partial charge is 0.480 e. The summed E-state index contributed by atoms with van der Waals surface area (Å²) in [4.78, 5) is 16.8. The Bertz CT molecular complexity index is 665. The lowest BCUT2D eigenvalue weighted by molar-refractivity contribution is -0.196. The minimum atomic E-state index is -0.594. The van der Waals surface area contributed by atoms with Gasteiger partial charge in [0.15, 0.2) is 0 Å². The van der Waals surface area contributed by atoms with Gasteiger partial charge in [0.2, 0.25) is 0 Å². The molecule has 0 aromatic heterocycles. The van der Waals surface area contributed by atoms with Gasteiger partial charge in [0.25, 0.3) is 0 Å². The standard InChI is InChI=1S/C30H49NO2/c32-28(33)30(26-11-5-2-6-12-26,21-22-9-3-1-4-10-22)31(27-13-7-8-14-27)29-18-23-15-24(19-29)17-25(16-23)20-29/h22-27H,1-21H2,(H,32,33)/t23?,24?,25?,29?,30-/m1/s1. The molecule has 4 bridgehead atoms. The van der Waals surface area contributed by atoms with Gasteiger partial charge >= 0.3 is 5.97 Å². The molecule has 0 aromatic carbocycles. The van der Waals surface area contributed by atoms with Crippen molar-refractivity contribution >= 4 is 5.97 Å². The SMILES string of the molecule is O=C(O)[C@@](CC1CCCCC1)(C1CCCCC1)N(C1CCCC1)C12CC3CC(CC(C3)C1)C2. The van der Waals surface area contributed by atoms with E-state index in [-0.39, 0.29) is 5.54 Å². The Morgan fingerprint density at radius 1 is 0.727 bits per heavy atom. The van der Waals surface area contributed by atoms with Crippen LogP contribution in [-0.2, 0) is 4.79 Å². The number of aliphatic carboxylic acids is 1. The number of nitrogens with zero attached hydrogens (tertiary/aromatic N) is 1. The number of carboxylic acid groups (broad SMARTS) is 1. The van der Waals surface area contributed by atoms with Gasteiger partial charge in [-0.3, -0.25) is 9.69 Å². The van der Waals surface area contributed by atoms with Gasteiger partial charge in [-0.15, -0.1) is 0 Å². The summed E-state index contributed by atoms with van der Waals surface area (Å²) in [6.45, 7) is 0. The van der Waals surface area contributed by atoms with Gasteiger partial charge in [0, 0.05) is 11.6 Å². The fraction of sp³-hybridized carbons (Fsp3) is 0.967. The fourth-order valence-corrected chi connectivity index (χ4v) is 10.9. The Morgan fingerprint density at radius 3 is 1.73 bits per heavy atom. The third kappa shape index (κ3) is 4.01. The summed E-state index contributed by atoms with van der Waals surface area (Å²) < 4.78 is 0. The Hall–Kier alpha value is -0.570. The lowest BCUT2D eigenvalue weighted by Crippen LogP contribution is -2.73. The van der Waals surface area contributed by atoms with E-state index in [1.54, 1.807) is 0 Å². The molecule has 186 valence electrons. The van der Waals surface area contributed by atoms with Gasteiger partial charge in [0.05, 0.1) is 0 Å². The summed E-state index contributed by atoms with van der Waals surface area (Å²) in [6.07, 6.45) is 27.1. The Balaban J connectivity index is 1.45. The van der Waals surface area contributed by atoms with Gasteiger partial charge in [-0.05, 0) is 100 Å². The van der Waals surface area contributed by atoms with E-state index in [2.05, 4.69) is 4.90 Å². The van der Waals surface area contributed by atoms with Crippen molar-refractivity contribution < 1.29 is 9.90 Å². The first-order chi connectivity index (χ1) is 16.1. The van der Waals surface area contributed by atoms with Crippen LogP contribution in [0.4, 0.5) is 0 Å². The predicted molar refractivity (Wildman–Crippen MR) is 133 cm³/mol. The number of hydrogen-bond donors (Lipinski definition) is 1. The second-order valence-electron chi connectivity index (χ2n) is 13.7. The van der Waals surface area contributed by atoms with Crippen LogP contribution in [0.3, 0.4) is 0 Å². The smallest absolute Gasteiger partial charge is 0.324 e. The molecule has 0 saturated heterocycles. The average molecular weight is 456 g/mol. The first kappa shape index (κ1) is 22.9. The van der Waals surface area contributed by atoms with Crippen LogP contribution in [0.15, 0.2) is 0 Å². The summed E-state index contributed by atoms with van der Waals surface area (Å²) in [7, 11) is 0. The number of hydrogen-bond acceptors (Lipinski definition) is 2. The monoisotopic (exact) mass is 455 g/mol. The highest BCUT2D eigenvalue weighted by atomic mass is 16.4. The van der Waals surface area contributed by atoms with Crippen LogP contribution in [0.1, 0.15) is 135 Å². The molecule has 0 unspecified atom stereocenters. The van der Waals surface area contributed by atoms with Crippen LogP contribution in [0.25, 0.3) is 0 Å². The molecule has 7 aliphatic rings. The molecular weight excluding hydrogens is 406 g/mol. The lowest BCUT2D eigenvalue weighted by atomic mass is 9.51. The molecule has 7 aliphatic carbocycles. The van der Waals surface area contributed by atoms with E-state index in [1.807, 2.05) is 0 Å². The zero-order valence-electron chi connectivity index (χ0n) is 21.1. The Kier molecular flexibility index (Phi) is 6.33. The molecule has 33 heavy (non-hydrogen) atoms. The second kappa shape index (κ2) is 9.14. The van der Waals surface area contributed by atoms with Crippen LogP contribution in [0.2, 0.25) is 0 Å². The molecule has 0 radical (unpaired) electrons. The average Bonchev–Trinajstić information content (AvgIpc) is 3.32. The Morgan fingerprint density at radius 2 is 1.21 bits per heavy atom. The van der Waals surface area contributed by atoms with E-state index >= 15 is 0 Å². The fourth-order valence-electron chi connectivity index (χ4n) is 10.9. The predicted octanol–water partition coefficient (Wildman–Crippen LogP) is 7.57. The molecule has 7 rings (SSSR count). The van der Waals surface area contributed by atoms with Gasteiger partial charge in [-0.2, -0.15) is 0 Å². The van der Waals surface area contributed by atoms with Crippen molar-refractivity contribution in [1.29, 1.82) is 0 Å². The number of rotatable bonds is 7. The molecule has 7 fully saturated rings. The highest BCUT2D eigenvalue weighted by Crippen LogP contribution is 2.62. The number of carbonyl (C=O) groups is 1. The van der Waals surface area contributed by atoms with Crippen molar-refractivity contribution in [2.45, 2.75) is 152 Å². The summed E-state index contributed by atoms with van der Waals surface area (Å²) in [5.41, 5.74) is -0.392. The molecule has 0 amide bonds. The van der Waals surface area contributed by atoms with Crippen molar-refractivity contribution in [3.05, 3.63) is 0 Å². The molecule has 7 saturated carbocycles. The first-order valence-electron chi connectivity index (χ1n) is 15.1. The van der Waals surface area contributed by atoms with Crippen LogP contribution in [-0.4, -0.2) is 33.1 Å². The minimum absolute atomic E-state index is 0.203. The maximum atomic E-state index is 13.8. The van der Waals surface area contributed by atoms with Crippen molar-refractivity contribution in [1.82, 2.24) is 4.90 Å². The van der Waals surface area contributed by atoms with Crippen LogP contribution < -0.4 is 0 Å². The van der Waals surface area contributed by atoms with E-state index in [0.717, 1.165) is 37.0 Å². The first-order valence-corrected chi connectivity index (χ1v) is 15.1. The van der Waals surface area contributed by atoms with Crippen molar-refractivity contribution in [2.75, 3.05) is 0 Å². The maximum absolute atomic E-state index is 13.8. The molecule has 1 N–H and O–H groups in total. The highest BCUT2D eigenvalue weighted by molar-refractivity contribution is 5.80. The summed E-state index contributed by atoms with van der Waals surface area (Å²) in [5, 5.41) is 11.4. The van der Waals surface area contributed by atoms with Gasteiger partial charge in [-0.1, -0.05) is 64.2 Å². The van der Waals surface area contributed by atoms with Crippen molar-refractivity contribution in [2.24, 2.45) is 29.6 Å². The normalized spacial score (nSPS) is 39.8. The van der Waals surface area contributed by atoms with Gasteiger partial charge < -0.3 is 5.11 Å². The van der Waals surface area contributed by atoms with Gasteiger partial charge in [0.1, 0.15) is 5.54 Å². The summed E-state index contributed by atoms with van der Waals surface area (Å²) in [6, 6.07) is 0.530. The zero-order chi connectivity index (χ0) is 22.5. The number of carboxylic acids is 1. The maximum Gasteiger partial charge on any atom is 0.324 e. The van der Waals surface area contributed by atoms with E-state index in [0.29, 0.717) is 17.9 Å². The molecular formula is C30H49NO2. The molecule has 3 heteroatoms. The molecule has 0 spiro atoms. The van der Waals surface area contributed by atoms with Crippen LogP contribution >= 0.6 is 0 Å². The van der Waals surface area contributed by atoms with E-state index < -0.39 is 11.5 Å². The highest BCUT2D eigenvalue weighted by Gasteiger charge is 2.63. The summed E-state index contributed by atoms with van der Waals surface area (Å²) in [5.74, 6) is 3.24. The molecule has 0 aromatic rings. The second-order valence-corrected chi connectivity index (χ2v) is 13.7. The van der Waals surface area contributed by atoms with Crippen LogP contribution in [0.5, 0.6) is 0 Å². The van der Waals surface area contributed by atoms with E-state index in [4.69, 9.17) is 0 Å². The van der Waals surface area contributed by atoms with Gasteiger partial charge in [-0.25, -0.2) is 0 Å². The molecule has 0 heterocycles. The Labute approximate surface area is 202 Å². The molecule has 0 aliphatic heterocycles. The zero-order valence-corrected chi connectivity index (χ0v) is 21.1. The molecule has 3 nitrogen and oxygen atoms in total. The third-order valence-corrected chi connectivity index (χ3v) is 11.6. The van der Waals surface area contributed by atoms with Crippen LogP contribution in [0, 0.1) is 29.6 Å². The van der Waals surface area contributed by atoms with Crippen molar-refractivity contribution in [3.63, 3.8) is 0 Å².